The van der Waals surface area contributed by atoms with Crippen LogP contribution in [-0.2, 0) is 18.5 Å². The Morgan fingerprint density at radius 3 is 2.87 bits per heavy atom. The van der Waals surface area contributed by atoms with Crippen LogP contribution in [0.25, 0.3) is 10.9 Å². The predicted molar refractivity (Wildman–Crippen MR) is 58.4 cm³/mol. The maximum Gasteiger partial charge on any atom is 0.143 e. The van der Waals surface area contributed by atoms with Gasteiger partial charge in [0.1, 0.15) is 12.4 Å². The molecule has 0 aliphatic heterocycles. The average molecular weight is 206 g/mol. The molecule has 1 aromatic heterocycles. The number of methoxy groups -OCH3 is 1. The lowest BCUT2D eigenvalue weighted by Crippen LogP contribution is -2.03. The Morgan fingerprint density at radius 2 is 2.20 bits per heavy atom. The van der Waals surface area contributed by atoms with Crippen LogP contribution in [-0.4, -0.2) is 11.7 Å². The largest absolute Gasteiger partial charge is 0.495 e. The maximum atomic E-state index is 5.31. The van der Waals surface area contributed by atoms with Crippen molar-refractivity contribution in [3.05, 3.63) is 30.0 Å². The monoisotopic (exact) mass is 206 g/mol. The second kappa shape index (κ2) is 3.92. The number of para-hydroxylation sites is 1. The number of hydrogen-bond donors (Lipinski definition) is 1. The minimum atomic E-state index is 0.397. The topological polar surface area (TPSA) is 49.4 Å². The summed E-state index contributed by atoms with van der Waals surface area (Å²) in [4.78, 5) is 4.65. The zero-order valence-electron chi connectivity index (χ0n) is 8.86. The lowest BCUT2D eigenvalue weighted by atomic mass is 10.2. The highest BCUT2D eigenvalue weighted by molar-refractivity contribution is 5.86. The van der Waals surface area contributed by atoms with E-state index in [2.05, 4.69) is 4.84 Å². The Bertz CT molecular complexity index is 477. The van der Waals surface area contributed by atoms with Crippen molar-refractivity contribution < 1.29 is 9.57 Å². The van der Waals surface area contributed by atoms with E-state index in [1.165, 1.54) is 0 Å². The molecule has 0 saturated carbocycles. The molecule has 0 radical (unpaired) electrons. The van der Waals surface area contributed by atoms with E-state index in [9.17, 15) is 0 Å². The van der Waals surface area contributed by atoms with Crippen LogP contribution in [0.2, 0.25) is 0 Å². The second-order valence-electron chi connectivity index (χ2n) is 3.40. The van der Waals surface area contributed by atoms with Gasteiger partial charge in [-0.1, -0.05) is 12.1 Å². The van der Waals surface area contributed by atoms with E-state index in [1.54, 1.807) is 7.11 Å². The summed E-state index contributed by atoms with van der Waals surface area (Å²) in [6, 6.07) is 7.99. The fourth-order valence-electron chi connectivity index (χ4n) is 1.82. The third-order valence-corrected chi connectivity index (χ3v) is 2.57. The first-order valence-corrected chi connectivity index (χ1v) is 4.71. The summed E-state index contributed by atoms with van der Waals surface area (Å²) >= 11 is 0. The van der Waals surface area contributed by atoms with E-state index >= 15 is 0 Å². The molecule has 4 nitrogen and oxygen atoms in total. The highest BCUT2D eigenvalue weighted by Gasteiger charge is 2.09. The van der Waals surface area contributed by atoms with Crippen LogP contribution in [0.5, 0.6) is 5.75 Å². The van der Waals surface area contributed by atoms with Gasteiger partial charge in [-0.2, -0.15) is 0 Å². The molecule has 0 amide bonds. The van der Waals surface area contributed by atoms with Crippen molar-refractivity contribution in [3.63, 3.8) is 0 Å². The van der Waals surface area contributed by atoms with Gasteiger partial charge in [-0.3, -0.25) is 4.84 Å². The summed E-state index contributed by atoms with van der Waals surface area (Å²) in [5.74, 6) is 5.94. The molecule has 2 aromatic rings. The minimum absolute atomic E-state index is 0.397. The van der Waals surface area contributed by atoms with Crippen molar-refractivity contribution in [2.75, 3.05) is 7.11 Å². The number of rotatable bonds is 3. The number of benzene rings is 1. The summed E-state index contributed by atoms with van der Waals surface area (Å²) in [6.45, 7) is 0.397. The Hall–Kier alpha value is -1.52. The molecule has 2 rings (SSSR count). The normalized spacial score (nSPS) is 10.9. The Morgan fingerprint density at radius 1 is 1.40 bits per heavy atom. The van der Waals surface area contributed by atoms with Crippen LogP contribution in [0.1, 0.15) is 5.69 Å². The molecule has 1 heterocycles. The van der Waals surface area contributed by atoms with E-state index in [-0.39, 0.29) is 0 Å². The van der Waals surface area contributed by atoms with E-state index < -0.39 is 0 Å². The number of nitrogens with two attached hydrogens (primary N) is 1. The Balaban J connectivity index is 2.65. The summed E-state index contributed by atoms with van der Waals surface area (Å²) < 4.78 is 7.34. The van der Waals surface area contributed by atoms with Crippen LogP contribution in [0.3, 0.4) is 0 Å². The number of aryl methyl sites for hydroxylation is 1. The maximum absolute atomic E-state index is 5.31. The molecule has 0 unspecified atom stereocenters. The van der Waals surface area contributed by atoms with E-state index in [0.29, 0.717) is 6.61 Å². The smallest absolute Gasteiger partial charge is 0.143 e. The average Bonchev–Trinajstić information content (AvgIpc) is 2.57. The van der Waals surface area contributed by atoms with Gasteiger partial charge in [0.15, 0.2) is 0 Å². The summed E-state index contributed by atoms with van der Waals surface area (Å²) in [7, 11) is 3.64. The standard InChI is InChI=1S/C11H14N2O2/c1-13-9(7-15-12)6-8-4-3-5-10(14-2)11(8)13/h3-6H,7,12H2,1-2H3. The van der Waals surface area contributed by atoms with Crippen LogP contribution in [0.15, 0.2) is 24.3 Å². The van der Waals surface area contributed by atoms with Crippen molar-refractivity contribution in [2.45, 2.75) is 6.61 Å². The molecule has 15 heavy (non-hydrogen) atoms. The summed E-state index contributed by atoms with van der Waals surface area (Å²) in [6.07, 6.45) is 0. The Kier molecular flexibility index (Phi) is 2.62. The van der Waals surface area contributed by atoms with Crippen molar-refractivity contribution in [1.82, 2.24) is 4.57 Å². The fraction of sp³-hybridized carbons (Fsp3) is 0.273. The molecule has 0 fully saturated rings. The third kappa shape index (κ3) is 1.58. The highest BCUT2D eigenvalue weighted by atomic mass is 16.6. The molecule has 0 spiro atoms. The van der Waals surface area contributed by atoms with Crippen LogP contribution >= 0.6 is 0 Å². The van der Waals surface area contributed by atoms with Crippen molar-refractivity contribution in [3.8, 4) is 5.75 Å². The van der Waals surface area contributed by atoms with Gasteiger partial charge in [-0.15, -0.1) is 0 Å². The van der Waals surface area contributed by atoms with E-state index in [1.807, 2.05) is 35.9 Å². The van der Waals surface area contributed by atoms with Gasteiger partial charge in [-0.25, -0.2) is 5.90 Å². The van der Waals surface area contributed by atoms with Crippen molar-refractivity contribution >= 4 is 10.9 Å². The lowest BCUT2D eigenvalue weighted by molar-refractivity contribution is 0.119. The first-order valence-electron chi connectivity index (χ1n) is 4.71. The number of ether oxygens (including phenoxy) is 1. The number of hydrogen-bond acceptors (Lipinski definition) is 3. The molecular formula is C11H14N2O2. The van der Waals surface area contributed by atoms with E-state index in [0.717, 1.165) is 22.3 Å². The Labute approximate surface area is 88.1 Å². The first-order chi connectivity index (χ1) is 7.27. The van der Waals surface area contributed by atoms with Gasteiger partial charge >= 0.3 is 0 Å². The van der Waals surface area contributed by atoms with Gasteiger partial charge in [0, 0.05) is 18.1 Å². The fourth-order valence-corrected chi connectivity index (χ4v) is 1.82. The van der Waals surface area contributed by atoms with Crippen LogP contribution < -0.4 is 10.6 Å². The van der Waals surface area contributed by atoms with Gasteiger partial charge in [0.05, 0.1) is 12.6 Å². The molecule has 80 valence electrons. The third-order valence-electron chi connectivity index (χ3n) is 2.57. The molecule has 0 bridgehead atoms. The second-order valence-corrected chi connectivity index (χ2v) is 3.40. The van der Waals surface area contributed by atoms with Gasteiger partial charge in [0.2, 0.25) is 0 Å². The molecule has 1 aromatic carbocycles. The molecular weight excluding hydrogens is 192 g/mol. The molecule has 0 atom stereocenters. The quantitative estimate of drug-likeness (QED) is 0.775. The van der Waals surface area contributed by atoms with Crippen LogP contribution in [0.4, 0.5) is 0 Å². The molecule has 0 saturated heterocycles. The highest BCUT2D eigenvalue weighted by Crippen LogP contribution is 2.27. The zero-order valence-corrected chi connectivity index (χ0v) is 8.86. The lowest BCUT2D eigenvalue weighted by Gasteiger charge is -2.06. The number of fused-ring (bicyclic) bond motifs is 1. The van der Waals surface area contributed by atoms with Crippen molar-refractivity contribution in [2.24, 2.45) is 12.9 Å². The number of aromatic nitrogens is 1. The predicted octanol–water partition coefficient (Wildman–Crippen LogP) is 1.58. The van der Waals surface area contributed by atoms with Crippen LogP contribution in [0, 0.1) is 0 Å². The molecule has 4 heteroatoms. The van der Waals surface area contributed by atoms with E-state index in [4.69, 9.17) is 10.6 Å². The summed E-state index contributed by atoms with van der Waals surface area (Å²) in [5.41, 5.74) is 2.09. The van der Waals surface area contributed by atoms with Crippen molar-refractivity contribution in [1.29, 1.82) is 0 Å². The zero-order chi connectivity index (χ0) is 10.8. The SMILES string of the molecule is COc1cccc2cc(CON)n(C)c12. The van der Waals surface area contributed by atoms with Gasteiger partial charge in [0.25, 0.3) is 0 Å². The summed E-state index contributed by atoms with van der Waals surface area (Å²) in [5, 5.41) is 1.13. The number of nitrogens with zero attached hydrogens (tertiary/aromatic N) is 1. The molecule has 2 N–H and O–H groups in total. The minimum Gasteiger partial charge on any atom is -0.495 e. The molecule has 0 aliphatic rings. The first kappa shape index (κ1) is 10.0. The van der Waals surface area contributed by atoms with Gasteiger partial charge in [-0.05, 0) is 12.1 Å². The molecule has 0 aliphatic carbocycles. The van der Waals surface area contributed by atoms with Gasteiger partial charge < -0.3 is 9.30 Å².